The summed E-state index contributed by atoms with van der Waals surface area (Å²) < 4.78 is 28.5. The molecule has 0 bridgehead atoms. The van der Waals surface area contributed by atoms with Crippen molar-refractivity contribution in [2.24, 2.45) is 5.92 Å². The minimum Gasteiger partial charge on any atom is -0.305 e. The van der Waals surface area contributed by atoms with Gasteiger partial charge in [-0.05, 0) is 31.4 Å². The molecule has 0 amide bonds. The fourth-order valence-electron chi connectivity index (χ4n) is 2.48. The monoisotopic (exact) mass is 237 g/mol. The van der Waals surface area contributed by atoms with Crippen LogP contribution >= 0.6 is 0 Å². The van der Waals surface area contributed by atoms with E-state index in [-0.39, 0.29) is 5.56 Å². The molecule has 1 saturated carbocycles. The second-order valence-electron chi connectivity index (χ2n) is 4.81. The smallest absolute Gasteiger partial charge is 0.276 e. The van der Waals surface area contributed by atoms with Gasteiger partial charge in [0.05, 0.1) is 0 Å². The first-order valence-electron chi connectivity index (χ1n) is 6.05. The van der Waals surface area contributed by atoms with Crippen molar-refractivity contribution in [2.75, 3.05) is 0 Å². The fourth-order valence-corrected chi connectivity index (χ4v) is 2.48. The molecule has 0 aliphatic heterocycles. The molecule has 1 nitrogen and oxygen atoms in total. The number of hydrogen-bond acceptors (Lipinski definition) is 1. The van der Waals surface area contributed by atoms with E-state index >= 15 is 0 Å². The zero-order valence-electron chi connectivity index (χ0n) is 9.97. The molecular formula is C14H17F2N. The van der Waals surface area contributed by atoms with E-state index in [0.29, 0.717) is 24.1 Å². The Morgan fingerprint density at radius 2 is 1.94 bits per heavy atom. The fraction of sp³-hybridized carbons (Fsp3) is 0.500. The molecule has 0 spiro atoms. The van der Waals surface area contributed by atoms with Crippen LogP contribution in [0.2, 0.25) is 0 Å². The molecule has 92 valence electrons. The van der Waals surface area contributed by atoms with Crippen LogP contribution in [0.5, 0.6) is 0 Å². The van der Waals surface area contributed by atoms with Gasteiger partial charge >= 0.3 is 0 Å². The number of benzene rings is 1. The van der Waals surface area contributed by atoms with Crippen molar-refractivity contribution < 1.29 is 8.78 Å². The molecule has 0 heterocycles. The van der Waals surface area contributed by atoms with Crippen LogP contribution in [-0.4, -0.2) is 5.71 Å². The van der Waals surface area contributed by atoms with E-state index in [1.807, 2.05) is 0 Å². The molecule has 1 aromatic rings. The van der Waals surface area contributed by atoms with Crippen molar-refractivity contribution in [1.29, 1.82) is 5.41 Å². The van der Waals surface area contributed by atoms with E-state index < -0.39 is 11.8 Å². The first-order valence-corrected chi connectivity index (χ1v) is 6.05. The molecule has 1 N–H and O–H groups in total. The van der Waals surface area contributed by atoms with Crippen LogP contribution < -0.4 is 0 Å². The van der Waals surface area contributed by atoms with Gasteiger partial charge in [0.1, 0.15) is 0 Å². The van der Waals surface area contributed by atoms with Crippen LogP contribution in [-0.2, 0) is 5.92 Å². The number of hydrogen-bond donors (Lipinski definition) is 1. The highest BCUT2D eigenvalue weighted by Crippen LogP contribution is 2.44. The number of rotatable bonds is 3. The largest absolute Gasteiger partial charge is 0.305 e. The van der Waals surface area contributed by atoms with Crippen molar-refractivity contribution in [1.82, 2.24) is 0 Å². The van der Waals surface area contributed by atoms with Gasteiger partial charge in [0.15, 0.2) is 0 Å². The van der Waals surface area contributed by atoms with Crippen LogP contribution in [0.25, 0.3) is 0 Å². The molecule has 0 unspecified atom stereocenters. The van der Waals surface area contributed by atoms with Crippen LogP contribution in [0.1, 0.15) is 43.7 Å². The lowest BCUT2D eigenvalue weighted by Gasteiger charge is -2.23. The van der Waals surface area contributed by atoms with Crippen molar-refractivity contribution in [3.05, 3.63) is 35.4 Å². The molecule has 0 radical (unpaired) electrons. The van der Waals surface area contributed by atoms with Gasteiger partial charge in [-0.15, -0.1) is 0 Å². The van der Waals surface area contributed by atoms with Crippen molar-refractivity contribution in [2.45, 2.75) is 38.5 Å². The van der Waals surface area contributed by atoms with Crippen molar-refractivity contribution in [3.63, 3.8) is 0 Å². The van der Waals surface area contributed by atoms with E-state index in [0.717, 1.165) is 12.8 Å². The average Bonchev–Trinajstić information content (AvgIpc) is 2.83. The Morgan fingerprint density at radius 3 is 2.53 bits per heavy atom. The SMILES string of the molecule is CC(=N)c1cccc(C(F)(F)C2CCCC2)c1. The molecule has 1 fully saturated rings. The highest BCUT2D eigenvalue weighted by molar-refractivity contribution is 5.96. The van der Waals surface area contributed by atoms with Gasteiger partial charge in [0.2, 0.25) is 0 Å². The average molecular weight is 237 g/mol. The van der Waals surface area contributed by atoms with E-state index in [2.05, 4.69) is 0 Å². The third-order valence-corrected chi connectivity index (χ3v) is 3.55. The Kier molecular flexibility index (Phi) is 3.27. The minimum atomic E-state index is -2.75. The highest BCUT2D eigenvalue weighted by atomic mass is 19.3. The first-order chi connectivity index (χ1) is 8.01. The minimum absolute atomic E-state index is 0.0634. The standard InChI is InChI=1S/C14H17F2N/c1-10(17)11-5-4-8-13(9-11)14(15,16)12-6-2-3-7-12/h4-5,8-9,12,17H,2-3,6-7H2,1H3. The van der Waals surface area contributed by atoms with Crippen LogP contribution in [0.15, 0.2) is 24.3 Å². The summed E-state index contributed by atoms with van der Waals surface area (Å²) in [5.41, 5.74) is 0.975. The number of halogens is 2. The molecule has 0 aromatic heterocycles. The summed E-state index contributed by atoms with van der Waals surface area (Å²) in [5.74, 6) is -3.27. The topological polar surface area (TPSA) is 23.9 Å². The van der Waals surface area contributed by atoms with Gasteiger partial charge in [-0.2, -0.15) is 0 Å². The Hall–Kier alpha value is -1.25. The van der Waals surface area contributed by atoms with Crippen LogP contribution in [0.3, 0.4) is 0 Å². The summed E-state index contributed by atoms with van der Waals surface area (Å²) in [4.78, 5) is 0. The maximum Gasteiger partial charge on any atom is 0.276 e. The predicted octanol–water partition coefficient (Wildman–Crippen LogP) is 4.36. The van der Waals surface area contributed by atoms with Gasteiger partial charge in [-0.3, -0.25) is 0 Å². The summed E-state index contributed by atoms with van der Waals surface area (Å²) in [5, 5.41) is 7.50. The molecule has 2 rings (SSSR count). The molecule has 3 heteroatoms. The quantitative estimate of drug-likeness (QED) is 0.755. The number of nitrogens with one attached hydrogen (secondary N) is 1. The molecule has 1 aliphatic rings. The summed E-state index contributed by atoms with van der Waals surface area (Å²) in [6, 6.07) is 6.26. The highest BCUT2D eigenvalue weighted by Gasteiger charge is 2.42. The summed E-state index contributed by atoms with van der Waals surface area (Å²) >= 11 is 0. The molecule has 17 heavy (non-hydrogen) atoms. The Morgan fingerprint density at radius 1 is 1.29 bits per heavy atom. The summed E-state index contributed by atoms with van der Waals surface area (Å²) in [6.45, 7) is 1.62. The van der Waals surface area contributed by atoms with Gasteiger partial charge < -0.3 is 5.41 Å². The van der Waals surface area contributed by atoms with E-state index in [1.165, 1.54) is 12.1 Å². The normalized spacial score (nSPS) is 17.4. The molecule has 1 aliphatic carbocycles. The summed E-state index contributed by atoms with van der Waals surface area (Å²) in [7, 11) is 0. The maximum atomic E-state index is 14.2. The van der Waals surface area contributed by atoms with Crippen molar-refractivity contribution >= 4 is 5.71 Å². The lowest BCUT2D eigenvalue weighted by atomic mass is 9.92. The predicted molar refractivity (Wildman–Crippen MR) is 64.8 cm³/mol. The molecular weight excluding hydrogens is 220 g/mol. The van der Waals surface area contributed by atoms with E-state index in [1.54, 1.807) is 19.1 Å². The van der Waals surface area contributed by atoms with Crippen LogP contribution in [0.4, 0.5) is 8.78 Å². The van der Waals surface area contributed by atoms with E-state index in [4.69, 9.17) is 5.41 Å². The second kappa shape index (κ2) is 4.55. The molecule has 0 saturated heterocycles. The second-order valence-corrected chi connectivity index (χ2v) is 4.81. The van der Waals surface area contributed by atoms with Gasteiger partial charge in [-0.25, -0.2) is 8.78 Å². The Bertz CT molecular complexity index is 420. The van der Waals surface area contributed by atoms with Crippen molar-refractivity contribution in [3.8, 4) is 0 Å². The maximum absolute atomic E-state index is 14.2. The van der Waals surface area contributed by atoms with E-state index in [9.17, 15) is 8.78 Å². The third kappa shape index (κ3) is 2.38. The first kappa shape index (κ1) is 12.2. The Balaban J connectivity index is 2.31. The lowest BCUT2D eigenvalue weighted by Crippen LogP contribution is -2.23. The zero-order chi connectivity index (χ0) is 12.5. The third-order valence-electron chi connectivity index (χ3n) is 3.55. The molecule has 1 aromatic carbocycles. The summed E-state index contributed by atoms with van der Waals surface area (Å²) in [6.07, 6.45) is 3.04. The Labute approximate surface area is 100 Å². The van der Waals surface area contributed by atoms with Crippen LogP contribution in [0, 0.1) is 11.3 Å². The molecule has 0 atom stereocenters. The van der Waals surface area contributed by atoms with Gasteiger partial charge in [0, 0.05) is 17.2 Å². The zero-order valence-corrected chi connectivity index (χ0v) is 9.97. The van der Waals surface area contributed by atoms with Gasteiger partial charge in [0.25, 0.3) is 5.92 Å². The lowest BCUT2D eigenvalue weighted by molar-refractivity contribution is -0.0626. The number of alkyl halides is 2. The van der Waals surface area contributed by atoms with Gasteiger partial charge in [-0.1, -0.05) is 31.0 Å².